The first-order valence-electron chi connectivity index (χ1n) is 14.1. The molecule has 2 heterocycles. The Labute approximate surface area is 284 Å². The van der Waals surface area contributed by atoms with Crippen LogP contribution in [0.25, 0.3) is 0 Å². The third-order valence-corrected chi connectivity index (χ3v) is 7.69. The summed E-state index contributed by atoms with van der Waals surface area (Å²) in [4.78, 5) is 7.71. The number of aliphatic imine (C=N–C) groups is 2. The van der Waals surface area contributed by atoms with E-state index in [0.29, 0.717) is 0 Å². The number of hydrogen-bond donors (Lipinski definition) is 16. The minimum absolute atomic E-state index is 0.237. The lowest BCUT2D eigenvalue weighted by Crippen LogP contribution is -2.66. The van der Waals surface area contributed by atoms with E-state index in [1.165, 1.54) is 14.0 Å². The van der Waals surface area contributed by atoms with Crippen molar-refractivity contribution >= 4 is 45.9 Å². The summed E-state index contributed by atoms with van der Waals surface area (Å²) in [6.07, 6.45) is -16.2. The largest absolute Gasteiger partial charge is 0.394 e. The van der Waals surface area contributed by atoms with Gasteiger partial charge in [-0.15, -0.1) is 0 Å². The van der Waals surface area contributed by atoms with Gasteiger partial charge < -0.3 is 88.7 Å². The molecule has 1 saturated carbocycles. The number of nitrogens with two attached hydrogens (primary N) is 5. The van der Waals surface area contributed by atoms with E-state index >= 15 is 0 Å². The lowest BCUT2D eigenvalue weighted by Gasteiger charge is -2.45. The van der Waals surface area contributed by atoms with Crippen molar-refractivity contribution in [3.8, 4) is 0 Å². The fourth-order valence-corrected chi connectivity index (χ4v) is 5.35. The molecule has 3 rings (SSSR count). The van der Waals surface area contributed by atoms with E-state index in [1.54, 1.807) is 0 Å². The molecule has 15 unspecified atom stereocenters. The Balaban J connectivity index is 0.00000155. The van der Waals surface area contributed by atoms with Crippen LogP contribution in [0.5, 0.6) is 0 Å². The molecule has 284 valence electrons. The Kier molecular flexibility index (Phi) is 15.1. The van der Waals surface area contributed by atoms with Crippen LogP contribution in [0.1, 0.15) is 6.92 Å². The Morgan fingerprint density at radius 2 is 1.45 bits per heavy atom. The van der Waals surface area contributed by atoms with E-state index < -0.39 is 120 Å². The molecule has 15 atom stereocenters. The summed E-state index contributed by atoms with van der Waals surface area (Å²) in [6.45, 7) is 0.721. The van der Waals surface area contributed by atoms with Crippen molar-refractivity contribution in [3.05, 3.63) is 0 Å². The second kappa shape index (κ2) is 17.5. The van der Waals surface area contributed by atoms with Gasteiger partial charge in [0.1, 0.15) is 60.9 Å². The molecule has 0 aromatic rings. The van der Waals surface area contributed by atoms with E-state index in [2.05, 4.69) is 25.8 Å². The maximum atomic E-state index is 11.8. The maximum Gasteiger partial charge on any atom is 0.394 e. The quantitative estimate of drug-likeness (QED) is 0.0324. The summed E-state index contributed by atoms with van der Waals surface area (Å²) >= 11 is 4.74. The van der Waals surface area contributed by atoms with E-state index in [0.717, 1.165) is 6.21 Å². The Bertz CT molecular complexity index is 1300. The van der Waals surface area contributed by atoms with Gasteiger partial charge in [0, 0.05) is 0 Å². The first kappa shape index (κ1) is 42.5. The second-order valence-corrected chi connectivity index (χ2v) is 12.3. The maximum absolute atomic E-state index is 11.8. The lowest BCUT2D eigenvalue weighted by atomic mass is 9.81. The van der Waals surface area contributed by atoms with Crippen molar-refractivity contribution in [3.63, 3.8) is 0 Å². The van der Waals surface area contributed by atoms with Crippen molar-refractivity contribution in [2.24, 2.45) is 43.8 Å². The van der Waals surface area contributed by atoms with Gasteiger partial charge in [-0.3, -0.25) is 14.5 Å². The van der Waals surface area contributed by atoms with Crippen LogP contribution in [-0.4, -0.2) is 181 Å². The number of thiocarbonyl (C=S) groups is 1. The summed E-state index contributed by atoms with van der Waals surface area (Å²) in [5, 5.41) is 81.7. The summed E-state index contributed by atoms with van der Waals surface area (Å²) in [7, 11) is -3.23. The normalized spacial score (nSPS) is 41.0. The first-order valence-corrected chi connectivity index (χ1v) is 15.9. The molecule has 0 amide bonds. The van der Waals surface area contributed by atoms with Crippen LogP contribution in [0.3, 0.4) is 0 Å². The molecule has 21 N–H and O–H groups in total. The van der Waals surface area contributed by atoms with Crippen molar-refractivity contribution in [2.45, 2.75) is 98.2 Å². The summed E-state index contributed by atoms with van der Waals surface area (Å²) in [6, 6.07) is -4.07. The molecule has 0 radical (unpaired) electrons. The predicted molar refractivity (Wildman–Crippen MR) is 169 cm³/mol. The highest BCUT2D eigenvalue weighted by atomic mass is 32.3. The lowest BCUT2D eigenvalue weighted by molar-refractivity contribution is -0.313. The van der Waals surface area contributed by atoms with Crippen molar-refractivity contribution in [2.75, 3.05) is 13.7 Å². The third kappa shape index (κ3) is 10.9. The number of ether oxygens (including phenoxy) is 4. The van der Waals surface area contributed by atoms with Gasteiger partial charge in [-0.2, -0.15) is 13.5 Å². The number of guanidine groups is 2. The molecule has 1 aliphatic carbocycles. The second-order valence-electron chi connectivity index (χ2n) is 11.0. The molecule has 0 aromatic carbocycles. The zero-order chi connectivity index (χ0) is 37.6. The van der Waals surface area contributed by atoms with Crippen LogP contribution in [-0.2, 0) is 29.3 Å². The van der Waals surface area contributed by atoms with Crippen LogP contribution in [0, 0.1) is 0 Å². The average molecular weight is 753 g/mol. The van der Waals surface area contributed by atoms with Crippen LogP contribution in [0.15, 0.2) is 15.1 Å². The zero-order valence-electron chi connectivity index (χ0n) is 25.9. The van der Waals surface area contributed by atoms with E-state index in [-0.39, 0.29) is 5.11 Å². The minimum Gasteiger partial charge on any atom is -0.394 e. The number of nitrogens with zero attached hydrogens (tertiary/aromatic N) is 3. The van der Waals surface area contributed by atoms with Gasteiger partial charge in [-0.1, -0.05) is 0 Å². The molecule has 2 saturated heterocycles. The van der Waals surface area contributed by atoms with Gasteiger partial charge in [-0.05, 0) is 26.2 Å². The van der Waals surface area contributed by atoms with Crippen LogP contribution < -0.4 is 39.4 Å². The summed E-state index contributed by atoms with van der Waals surface area (Å²) < 4.78 is 55.2. The molecule has 3 fully saturated rings. The molecule has 0 spiro atoms. The number of aliphatic hydroxyl groups excluding tert-OH is 6. The minimum atomic E-state index is -4.67. The Morgan fingerprint density at radius 3 is 1.94 bits per heavy atom. The average Bonchev–Trinajstić information content (AvgIpc) is 3.20. The number of nitrogens with one attached hydrogen (secondary N) is 2. The first-order chi connectivity index (χ1) is 22.6. The van der Waals surface area contributed by atoms with Gasteiger partial charge in [0.25, 0.3) is 0 Å². The number of hydrogen-bond acceptors (Lipinski definition) is 18. The third-order valence-electron chi connectivity index (χ3n) is 7.59. The van der Waals surface area contributed by atoms with Crippen LogP contribution >= 0.6 is 12.2 Å². The Hall–Kier alpha value is -2.71. The molecule has 25 nitrogen and oxygen atoms in total. The van der Waals surface area contributed by atoms with E-state index in [9.17, 15) is 35.7 Å². The van der Waals surface area contributed by atoms with Crippen LogP contribution in [0.4, 0.5) is 0 Å². The summed E-state index contributed by atoms with van der Waals surface area (Å²) in [5.41, 5.74) is 27.5. The highest BCUT2D eigenvalue weighted by Crippen LogP contribution is 2.38. The van der Waals surface area contributed by atoms with Gasteiger partial charge >= 0.3 is 10.4 Å². The van der Waals surface area contributed by atoms with E-state index in [4.69, 9.17) is 77.4 Å². The fraction of sp³-hybridized carbons (Fsp3) is 0.818. The molecule has 27 heteroatoms. The van der Waals surface area contributed by atoms with Crippen molar-refractivity contribution < 1.29 is 72.2 Å². The smallest absolute Gasteiger partial charge is 0.394 e. The fourth-order valence-electron chi connectivity index (χ4n) is 5.29. The molecular formula is C22H44N10O15S2. The van der Waals surface area contributed by atoms with Gasteiger partial charge in [0.15, 0.2) is 35.2 Å². The van der Waals surface area contributed by atoms with Crippen molar-refractivity contribution in [1.82, 2.24) is 10.7 Å². The standard InChI is InChI=1S/C22H42N10O11S.H2O4S/c1-5-22(39,4-29-32-21(27)44)16(43-17-9(28-2)13(37)10(34)6(3-33)41-17)18(40-5)42-15-8(31-20(25)26)11(35)7(30-19(23)24)12(36)14(15)38;1-5(2,3)4/h4-18,28,33-39H,3H2,1-2H3,(H4,23,24,30)(H4,25,26,31)(H3,27,32,44);(H2,1,2,3,4)/b29-4+;. The van der Waals surface area contributed by atoms with Gasteiger partial charge in [0.2, 0.25) is 0 Å². The van der Waals surface area contributed by atoms with Crippen molar-refractivity contribution in [1.29, 1.82) is 0 Å². The monoisotopic (exact) mass is 752 g/mol. The van der Waals surface area contributed by atoms with Crippen LogP contribution in [0.2, 0.25) is 0 Å². The molecule has 3 aliphatic rings. The Morgan fingerprint density at radius 1 is 0.898 bits per heavy atom. The SMILES string of the molecule is CNC1C(OC2C(OC3C(O)C(O)C(N=C(N)N)C(O)C3N=C(N)N)OC(C)C2(O)/C=N/NC(N)=S)OC(CO)C(O)C1O.O=S(=O)(O)O. The molecule has 49 heavy (non-hydrogen) atoms. The zero-order valence-corrected chi connectivity index (χ0v) is 27.5. The molecule has 0 aromatic heterocycles. The molecule has 2 aliphatic heterocycles. The number of rotatable bonds is 10. The number of aliphatic hydroxyl groups is 7. The topological polar surface area (TPSA) is 444 Å². The predicted octanol–water partition coefficient (Wildman–Crippen LogP) is -9.19. The number of hydrazone groups is 1. The van der Waals surface area contributed by atoms with E-state index in [1.807, 2.05) is 0 Å². The molecular weight excluding hydrogens is 708 g/mol. The van der Waals surface area contributed by atoms with Gasteiger partial charge in [-0.25, -0.2) is 9.98 Å². The highest BCUT2D eigenvalue weighted by molar-refractivity contribution is 7.80. The highest BCUT2D eigenvalue weighted by Gasteiger charge is 2.60. The number of likely N-dealkylation sites (N-methyl/N-ethyl adjacent to an activating group) is 1. The summed E-state index contributed by atoms with van der Waals surface area (Å²) in [5.74, 6) is -1.02. The molecule has 0 bridgehead atoms. The van der Waals surface area contributed by atoms with Gasteiger partial charge in [0.05, 0.1) is 25.0 Å².